The monoisotopic (exact) mass is 126 g/mol. The standard InChI is InChI=1S/C10H6/c1-2-6-9(5-1)10-7-3-4-8-10/h1-3,5-7H. The van der Waals surface area contributed by atoms with Gasteiger partial charge >= 0.3 is 0 Å². The minimum Gasteiger partial charge on any atom is -0.0695 e. The van der Waals surface area contributed by atoms with Crippen LogP contribution < -0.4 is 0 Å². The van der Waals surface area contributed by atoms with Gasteiger partial charge in [-0.3, -0.25) is 0 Å². The molecule has 0 unspecified atom stereocenters. The van der Waals surface area contributed by atoms with Crippen molar-refractivity contribution in [3.05, 3.63) is 47.6 Å². The molecule has 46 valence electrons. The molecule has 0 fully saturated rings. The predicted octanol–water partition coefficient (Wildman–Crippen LogP) is 1.98. The number of allylic oxidation sites excluding steroid dienone is 8. The second-order valence-corrected chi connectivity index (χ2v) is 2.19. The van der Waals surface area contributed by atoms with Crippen LogP contribution in [0, 0.1) is 11.8 Å². The molecule has 2 aliphatic carbocycles. The quantitative estimate of drug-likeness (QED) is 0.435. The van der Waals surface area contributed by atoms with Gasteiger partial charge in [0.05, 0.1) is 0 Å². The number of hydrogen-bond donors (Lipinski definition) is 0. The third-order valence-corrected chi connectivity index (χ3v) is 1.51. The Kier molecular flexibility index (Phi) is 1.08. The van der Waals surface area contributed by atoms with Gasteiger partial charge in [-0.1, -0.05) is 36.1 Å². The fourth-order valence-corrected chi connectivity index (χ4v) is 1.01. The fraction of sp³-hybridized carbons (Fsp3) is 0. The third-order valence-electron chi connectivity index (χ3n) is 1.51. The van der Waals surface area contributed by atoms with Crippen molar-refractivity contribution < 1.29 is 0 Å². The Morgan fingerprint density at radius 2 is 1.80 bits per heavy atom. The van der Waals surface area contributed by atoms with Crippen LogP contribution in [-0.2, 0) is 0 Å². The first-order chi connectivity index (χ1) is 4.97. The molecular formula is C10H6. The summed E-state index contributed by atoms with van der Waals surface area (Å²) >= 11 is 0. The normalized spacial score (nSPS) is 18.4. The lowest BCUT2D eigenvalue weighted by molar-refractivity contribution is 1.67. The molecule has 10 heavy (non-hydrogen) atoms. The Bertz CT molecular complexity index is 311. The van der Waals surface area contributed by atoms with Crippen LogP contribution in [0.4, 0.5) is 0 Å². The van der Waals surface area contributed by atoms with Gasteiger partial charge in [-0.05, 0) is 17.7 Å². The van der Waals surface area contributed by atoms with Crippen molar-refractivity contribution in [1.29, 1.82) is 0 Å². The minimum absolute atomic E-state index is 1.13. The predicted molar refractivity (Wildman–Crippen MR) is 42.2 cm³/mol. The topological polar surface area (TPSA) is 0 Å². The van der Waals surface area contributed by atoms with Gasteiger partial charge in [0, 0.05) is 5.57 Å². The third kappa shape index (κ3) is 0.728. The molecular weight excluding hydrogens is 120 g/mol. The van der Waals surface area contributed by atoms with E-state index in [9.17, 15) is 0 Å². The van der Waals surface area contributed by atoms with E-state index in [1.165, 1.54) is 5.57 Å². The first kappa shape index (κ1) is 5.32. The Balaban J connectivity index is 2.50. The molecule has 0 atom stereocenters. The summed E-state index contributed by atoms with van der Waals surface area (Å²) in [5.41, 5.74) is 2.35. The Labute approximate surface area is 60.3 Å². The van der Waals surface area contributed by atoms with Crippen molar-refractivity contribution in [3.63, 3.8) is 0 Å². The summed E-state index contributed by atoms with van der Waals surface area (Å²) in [6.45, 7) is 0. The average Bonchev–Trinajstić information content (AvgIpc) is 2.59. The highest BCUT2D eigenvalue weighted by molar-refractivity contribution is 5.58. The first-order valence-corrected chi connectivity index (χ1v) is 3.24. The maximum absolute atomic E-state index is 3.01. The summed E-state index contributed by atoms with van der Waals surface area (Å²) in [5.74, 6) is 5.91. The SMILES string of the molecule is C1#CC(=C2C=CC=C2)C=C1. The molecule has 2 aliphatic rings. The molecule has 0 aliphatic heterocycles. The van der Waals surface area contributed by atoms with E-state index < -0.39 is 0 Å². The van der Waals surface area contributed by atoms with Crippen LogP contribution >= 0.6 is 0 Å². The van der Waals surface area contributed by atoms with Gasteiger partial charge in [-0.15, -0.1) is 0 Å². The fourth-order valence-electron chi connectivity index (χ4n) is 1.01. The average molecular weight is 126 g/mol. The molecule has 0 aromatic carbocycles. The van der Waals surface area contributed by atoms with Crippen molar-refractivity contribution in [2.24, 2.45) is 0 Å². The molecule has 0 saturated heterocycles. The van der Waals surface area contributed by atoms with E-state index in [1.54, 1.807) is 0 Å². The van der Waals surface area contributed by atoms with E-state index in [4.69, 9.17) is 0 Å². The second kappa shape index (κ2) is 2.04. The van der Waals surface area contributed by atoms with Gasteiger partial charge < -0.3 is 0 Å². The summed E-state index contributed by atoms with van der Waals surface area (Å²) in [4.78, 5) is 0. The van der Waals surface area contributed by atoms with Crippen molar-refractivity contribution in [2.75, 3.05) is 0 Å². The highest BCUT2D eigenvalue weighted by Crippen LogP contribution is 2.15. The van der Waals surface area contributed by atoms with Crippen LogP contribution in [0.2, 0.25) is 0 Å². The van der Waals surface area contributed by atoms with Crippen molar-refractivity contribution in [2.45, 2.75) is 0 Å². The lowest BCUT2D eigenvalue weighted by Crippen LogP contribution is -1.73. The van der Waals surface area contributed by atoms with Gasteiger partial charge in [0.15, 0.2) is 0 Å². The summed E-state index contributed by atoms with van der Waals surface area (Å²) in [7, 11) is 0. The van der Waals surface area contributed by atoms with E-state index in [2.05, 4.69) is 24.0 Å². The molecule has 2 rings (SSSR count). The molecule has 0 bridgehead atoms. The highest BCUT2D eigenvalue weighted by Gasteiger charge is 1.99. The first-order valence-electron chi connectivity index (χ1n) is 3.24. The summed E-state index contributed by atoms with van der Waals surface area (Å²) in [6.07, 6.45) is 12.1. The smallest absolute Gasteiger partial charge is 0.0327 e. The van der Waals surface area contributed by atoms with Crippen molar-refractivity contribution in [3.8, 4) is 11.8 Å². The summed E-state index contributed by atoms with van der Waals surface area (Å²) in [5, 5.41) is 0. The van der Waals surface area contributed by atoms with Gasteiger partial charge in [0.25, 0.3) is 0 Å². The highest BCUT2D eigenvalue weighted by atomic mass is 14.0. The number of rotatable bonds is 0. The van der Waals surface area contributed by atoms with E-state index in [0.717, 1.165) is 5.57 Å². The Hall–Kier alpha value is -1.48. The zero-order valence-electron chi connectivity index (χ0n) is 5.46. The van der Waals surface area contributed by atoms with Crippen LogP contribution in [0.1, 0.15) is 0 Å². The second-order valence-electron chi connectivity index (χ2n) is 2.19. The van der Waals surface area contributed by atoms with Crippen molar-refractivity contribution in [1.82, 2.24) is 0 Å². The zero-order chi connectivity index (χ0) is 6.81. The molecule has 0 saturated carbocycles. The molecule has 0 heteroatoms. The Morgan fingerprint density at radius 1 is 1.00 bits per heavy atom. The molecule has 0 aromatic rings. The lowest BCUT2D eigenvalue weighted by Gasteiger charge is -1.89. The molecule has 0 amide bonds. The lowest BCUT2D eigenvalue weighted by atomic mass is 10.1. The van der Waals surface area contributed by atoms with Crippen molar-refractivity contribution >= 4 is 0 Å². The maximum Gasteiger partial charge on any atom is 0.0327 e. The Morgan fingerprint density at radius 3 is 2.40 bits per heavy atom. The molecule has 0 nitrogen and oxygen atoms in total. The van der Waals surface area contributed by atoms with E-state index in [1.807, 2.05) is 24.3 Å². The van der Waals surface area contributed by atoms with E-state index in [-0.39, 0.29) is 0 Å². The summed E-state index contributed by atoms with van der Waals surface area (Å²) < 4.78 is 0. The largest absolute Gasteiger partial charge is 0.0695 e. The maximum atomic E-state index is 3.01. The zero-order valence-corrected chi connectivity index (χ0v) is 5.46. The van der Waals surface area contributed by atoms with Crippen LogP contribution in [0.15, 0.2) is 47.6 Å². The van der Waals surface area contributed by atoms with Crippen LogP contribution in [0.25, 0.3) is 0 Å². The molecule has 0 spiro atoms. The van der Waals surface area contributed by atoms with Gasteiger partial charge in [-0.2, -0.15) is 0 Å². The van der Waals surface area contributed by atoms with Gasteiger partial charge in [-0.25, -0.2) is 0 Å². The van der Waals surface area contributed by atoms with Crippen LogP contribution in [0.5, 0.6) is 0 Å². The molecule has 0 heterocycles. The van der Waals surface area contributed by atoms with E-state index in [0.29, 0.717) is 0 Å². The molecule has 0 N–H and O–H groups in total. The number of hydrogen-bond acceptors (Lipinski definition) is 0. The summed E-state index contributed by atoms with van der Waals surface area (Å²) in [6, 6.07) is 0. The van der Waals surface area contributed by atoms with Gasteiger partial charge in [0.2, 0.25) is 0 Å². The minimum atomic E-state index is 1.13. The van der Waals surface area contributed by atoms with Gasteiger partial charge in [0.1, 0.15) is 0 Å². The van der Waals surface area contributed by atoms with E-state index >= 15 is 0 Å². The van der Waals surface area contributed by atoms with Crippen LogP contribution in [-0.4, -0.2) is 0 Å². The van der Waals surface area contributed by atoms with Crippen LogP contribution in [0.3, 0.4) is 0 Å². The molecule has 0 aromatic heterocycles. The molecule has 0 radical (unpaired) electrons.